The van der Waals surface area contributed by atoms with Gasteiger partial charge >= 0.3 is 5.97 Å². The van der Waals surface area contributed by atoms with E-state index in [4.69, 9.17) is 5.11 Å². The predicted octanol–water partition coefficient (Wildman–Crippen LogP) is 1.25. The first-order valence-corrected chi connectivity index (χ1v) is 6.82. The molecule has 0 aliphatic carbocycles. The number of benzene rings is 1. The number of carbonyl (C=O) groups is 1. The normalized spacial score (nSPS) is 11.1. The summed E-state index contributed by atoms with van der Waals surface area (Å²) >= 11 is 0. The second-order valence-electron chi connectivity index (χ2n) is 3.79. The lowest BCUT2D eigenvalue weighted by molar-refractivity contribution is 0.0696. The number of halogens is 2. The molecular weight excluding hydrogens is 308 g/mol. The van der Waals surface area contributed by atoms with Crippen molar-refractivity contribution in [2.45, 2.75) is 4.90 Å². The molecule has 2 N–H and O–H groups in total. The van der Waals surface area contributed by atoms with E-state index in [0.29, 0.717) is 12.1 Å². The van der Waals surface area contributed by atoms with Gasteiger partial charge in [0, 0.05) is 6.20 Å². The van der Waals surface area contributed by atoms with E-state index in [-0.39, 0.29) is 5.82 Å². The fourth-order valence-corrected chi connectivity index (χ4v) is 2.54. The van der Waals surface area contributed by atoms with Crippen LogP contribution in [-0.4, -0.2) is 29.7 Å². The maximum atomic E-state index is 13.6. The van der Waals surface area contributed by atoms with E-state index >= 15 is 0 Å². The molecule has 0 aliphatic rings. The van der Waals surface area contributed by atoms with Gasteiger partial charge in [-0.25, -0.2) is 22.0 Å². The lowest BCUT2D eigenvalue weighted by Crippen LogP contribution is -2.17. The molecular formula is C11H7F2N3O4S. The Bertz CT molecular complexity index is 797. The average Bonchev–Trinajstić information content (AvgIpc) is 2.41. The number of anilines is 1. The summed E-state index contributed by atoms with van der Waals surface area (Å²) in [5.41, 5.74) is -0.701. The summed E-state index contributed by atoms with van der Waals surface area (Å²) in [4.78, 5) is 9.64. The van der Waals surface area contributed by atoms with Crippen molar-refractivity contribution in [3.63, 3.8) is 0 Å². The molecule has 0 amide bonds. The molecule has 1 aromatic carbocycles. The standard InChI is InChI=1S/C11H7F2N3O4S/c12-7-4-6(11(17)18)5-8(10(7)13)21(19,20)16-9-2-1-3-14-15-9/h1-5H,(H,15,16)(H,17,18). The third-order valence-electron chi connectivity index (χ3n) is 2.34. The van der Waals surface area contributed by atoms with Crippen molar-refractivity contribution >= 4 is 21.8 Å². The first kappa shape index (κ1) is 14.8. The molecule has 110 valence electrons. The first-order chi connectivity index (χ1) is 9.81. The molecule has 2 rings (SSSR count). The summed E-state index contributed by atoms with van der Waals surface area (Å²) in [6, 6.07) is 3.51. The van der Waals surface area contributed by atoms with Crippen LogP contribution in [0.15, 0.2) is 35.4 Å². The molecule has 1 heterocycles. The van der Waals surface area contributed by atoms with Crippen molar-refractivity contribution in [1.82, 2.24) is 10.2 Å². The third kappa shape index (κ3) is 3.11. The molecule has 1 aromatic heterocycles. The Balaban J connectivity index is 2.52. The van der Waals surface area contributed by atoms with Crippen LogP contribution in [0.1, 0.15) is 10.4 Å². The highest BCUT2D eigenvalue weighted by Crippen LogP contribution is 2.22. The lowest BCUT2D eigenvalue weighted by atomic mass is 10.2. The molecule has 0 saturated carbocycles. The molecule has 0 radical (unpaired) electrons. The van der Waals surface area contributed by atoms with Gasteiger partial charge in [-0.15, -0.1) is 5.10 Å². The fraction of sp³-hybridized carbons (Fsp3) is 0. The molecule has 0 unspecified atom stereocenters. The summed E-state index contributed by atoms with van der Waals surface area (Å²) < 4.78 is 52.7. The van der Waals surface area contributed by atoms with E-state index in [1.165, 1.54) is 18.3 Å². The zero-order chi connectivity index (χ0) is 15.6. The highest BCUT2D eigenvalue weighted by Gasteiger charge is 2.25. The molecule has 0 saturated heterocycles. The molecule has 0 fully saturated rings. The number of rotatable bonds is 4. The Kier molecular flexibility index (Phi) is 3.80. The van der Waals surface area contributed by atoms with Gasteiger partial charge in [0.05, 0.1) is 5.56 Å². The SMILES string of the molecule is O=C(O)c1cc(F)c(F)c(S(=O)(=O)Nc2cccnn2)c1. The van der Waals surface area contributed by atoms with Gasteiger partial charge in [-0.3, -0.25) is 4.72 Å². The van der Waals surface area contributed by atoms with Crippen LogP contribution in [0.2, 0.25) is 0 Å². The first-order valence-electron chi connectivity index (χ1n) is 5.34. The quantitative estimate of drug-likeness (QED) is 0.879. The Hall–Kier alpha value is -2.62. The van der Waals surface area contributed by atoms with E-state index < -0.39 is 38.1 Å². The number of nitrogens with one attached hydrogen (secondary N) is 1. The lowest BCUT2D eigenvalue weighted by Gasteiger charge is -2.09. The minimum absolute atomic E-state index is 0.224. The summed E-state index contributed by atoms with van der Waals surface area (Å²) in [6.45, 7) is 0. The number of carboxylic acids is 1. The Morgan fingerprint density at radius 1 is 1.29 bits per heavy atom. The molecule has 2 aromatic rings. The summed E-state index contributed by atoms with van der Waals surface area (Å²) in [5, 5.41) is 15.6. The monoisotopic (exact) mass is 315 g/mol. The van der Waals surface area contributed by atoms with Crippen LogP contribution < -0.4 is 4.72 Å². The van der Waals surface area contributed by atoms with Crippen LogP contribution >= 0.6 is 0 Å². The van der Waals surface area contributed by atoms with Crippen LogP contribution in [0.5, 0.6) is 0 Å². The predicted molar refractivity (Wildman–Crippen MR) is 66.2 cm³/mol. The van der Waals surface area contributed by atoms with Gasteiger partial charge in [0.25, 0.3) is 10.0 Å². The van der Waals surface area contributed by atoms with Gasteiger partial charge in [-0.05, 0) is 24.3 Å². The van der Waals surface area contributed by atoms with Crippen LogP contribution in [0.4, 0.5) is 14.6 Å². The Labute approximate surface area is 117 Å². The topological polar surface area (TPSA) is 109 Å². The zero-order valence-corrected chi connectivity index (χ0v) is 10.9. The summed E-state index contributed by atoms with van der Waals surface area (Å²) in [6.07, 6.45) is 1.28. The van der Waals surface area contributed by atoms with Gasteiger partial charge in [-0.1, -0.05) is 0 Å². The maximum Gasteiger partial charge on any atom is 0.335 e. The van der Waals surface area contributed by atoms with Crippen molar-refractivity contribution in [3.8, 4) is 0 Å². The van der Waals surface area contributed by atoms with E-state index in [1.807, 2.05) is 4.72 Å². The van der Waals surface area contributed by atoms with Crippen LogP contribution in [-0.2, 0) is 10.0 Å². The Morgan fingerprint density at radius 3 is 2.57 bits per heavy atom. The average molecular weight is 315 g/mol. The van der Waals surface area contributed by atoms with E-state index in [9.17, 15) is 22.0 Å². The van der Waals surface area contributed by atoms with Gasteiger partial charge in [0.1, 0.15) is 4.90 Å². The largest absolute Gasteiger partial charge is 0.478 e. The maximum absolute atomic E-state index is 13.6. The van der Waals surface area contributed by atoms with E-state index in [0.717, 1.165) is 0 Å². The fourth-order valence-electron chi connectivity index (χ4n) is 1.43. The van der Waals surface area contributed by atoms with E-state index in [2.05, 4.69) is 10.2 Å². The second kappa shape index (κ2) is 5.40. The number of aromatic nitrogens is 2. The molecule has 0 aliphatic heterocycles. The smallest absolute Gasteiger partial charge is 0.335 e. The van der Waals surface area contributed by atoms with Crippen LogP contribution in [0, 0.1) is 11.6 Å². The molecule has 0 atom stereocenters. The highest BCUT2D eigenvalue weighted by molar-refractivity contribution is 7.92. The minimum Gasteiger partial charge on any atom is -0.478 e. The molecule has 10 heteroatoms. The highest BCUT2D eigenvalue weighted by atomic mass is 32.2. The molecule has 21 heavy (non-hydrogen) atoms. The van der Waals surface area contributed by atoms with Gasteiger partial charge in [-0.2, -0.15) is 5.10 Å². The van der Waals surface area contributed by atoms with Gasteiger partial charge < -0.3 is 5.11 Å². The van der Waals surface area contributed by atoms with Crippen molar-refractivity contribution < 1.29 is 27.1 Å². The number of hydrogen-bond donors (Lipinski definition) is 2. The molecule has 0 spiro atoms. The van der Waals surface area contributed by atoms with Gasteiger partial charge in [0.2, 0.25) is 0 Å². The van der Waals surface area contributed by atoms with Gasteiger partial charge in [0.15, 0.2) is 17.5 Å². The Morgan fingerprint density at radius 2 is 2.00 bits per heavy atom. The second-order valence-corrected chi connectivity index (χ2v) is 5.44. The number of hydrogen-bond acceptors (Lipinski definition) is 5. The van der Waals surface area contributed by atoms with E-state index in [1.54, 1.807) is 0 Å². The third-order valence-corrected chi connectivity index (χ3v) is 3.70. The molecule has 0 bridgehead atoms. The van der Waals surface area contributed by atoms with Crippen LogP contribution in [0.25, 0.3) is 0 Å². The van der Waals surface area contributed by atoms with Crippen molar-refractivity contribution in [1.29, 1.82) is 0 Å². The number of aromatic carboxylic acids is 1. The number of nitrogens with zero attached hydrogens (tertiary/aromatic N) is 2. The van der Waals surface area contributed by atoms with Crippen molar-refractivity contribution in [2.24, 2.45) is 0 Å². The van der Waals surface area contributed by atoms with Crippen molar-refractivity contribution in [3.05, 3.63) is 47.7 Å². The number of sulfonamides is 1. The zero-order valence-electron chi connectivity index (χ0n) is 10.1. The summed E-state index contributed by atoms with van der Waals surface area (Å²) in [7, 11) is -4.55. The molecule has 7 nitrogen and oxygen atoms in total. The summed E-state index contributed by atoms with van der Waals surface area (Å²) in [5.74, 6) is -5.09. The van der Waals surface area contributed by atoms with Crippen molar-refractivity contribution in [2.75, 3.05) is 4.72 Å². The van der Waals surface area contributed by atoms with Crippen LogP contribution in [0.3, 0.4) is 0 Å². The number of carboxylic acid groups (broad SMARTS) is 1. The minimum atomic E-state index is -4.55.